The Morgan fingerprint density at radius 1 is 1.15 bits per heavy atom. The molecule has 1 aromatic rings. The molecule has 1 nitrogen and oxygen atoms in total. The van der Waals surface area contributed by atoms with Gasteiger partial charge in [-0.2, -0.15) is 0 Å². The van der Waals surface area contributed by atoms with Crippen LogP contribution in [0.3, 0.4) is 0 Å². The molecule has 1 aromatic carbocycles. The Balaban J connectivity index is 2.08. The molecule has 2 rings (SSSR count). The van der Waals surface area contributed by atoms with Crippen LogP contribution >= 0.6 is 0 Å². The van der Waals surface area contributed by atoms with Gasteiger partial charge in [-0.1, -0.05) is 37.3 Å². The van der Waals surface area contributed by atoms with Crippen molar-refractivity contribution in [3.63, 3.8) is 0 Å². The second-order valence-electron chi connectivity index (χ2n) is 3.99. The minimum atomic E-state index is 0.616. The molecule has 0 saturated carbocycles. The van der Waals surface area contributed by atoms with Crippen LogP contribution in [0.4, 0.5) is 0 Å². The summed E-state index contributed by atoms with van der Waals surface area (Å²) < 4.78 is 5.55. The van der Waals surface area contributed by atoms with Gasteiger partial charge in [-0.25, -0.2) is 0 Å². The van der Waals surface area contributed by atoms with E-state index in [1.807, 2.05) is 0 Å². The molecule has 0 radical (unpaired) electrons. The van der Waals surface area contributed by atoms with Crippen molar-refractivity contribution in [3.8, 4) is 0 Å². The first-order valence-corrected chi connectivity index (χ1v) is 4.99. The predicted octanol–water partition coefficient (Wildman–Crippen LogP) is 2.83. The monoisotopic (exact) mass is 176 g/mol. The fourth-order valence-corrected chi connectivity index (χ4v) is 1.99. The summed E-state index contributed by atoms with van der Waals surface area (Å²) in [4.78, 5) is 0. The summed E-state index contributed by atoms with van der Waals surface area (Å²) in [5.74, 6) is 1.32. The average Bonchev–Trinajstić information content (AvgIpc) is 2.19. The van der Waals surface area contributed by atoms with E-state index in [1.165, 1.54) is 12.0 Å². The molecule has 0 amide bonds. The number of rotatable bonds is 1. The highest BCUT2D eigenvalue weighted by Gasteiger charge is 2.20. The summed E-state index contributed by atoms with van der Waals surface area (Å²) in [6, 6.07) is 10.7. The highest BCUT2D eigenvalue weighted by molar-refractivity contribution is 5.19. The Labute approximate surface area is 79.7 Å². The third kappa shape index (κ3) is 2.10. The number of benzene rings is 1. The van der Waals surface area contributed by atoms with Crippen molar-refractivity contribution in [2.75, 3.05) is 13.2 Å². The van der Waals surface area contributed by atoms with Crippen LogP contribution in [0.5, 0.6) is 0 Å². The van der Waals surface area contributed by atoms with Crippen LogP contribution in [0.2, 0.25) is 0 Å². The maximum absolute atomic E-state index is 5.55. The Morgan fingerprint density at radius 2 is 1.92 bits per heavy atom. The second kappa shape index (κ2) is 3.93. The second-order valence-corrected chi connectivity index (χ2v) is 3.99. The molecule has 0 spiro atoms. The van der Waals surface area contributed by atoms with Crippen LogP contribution in [0, 0.1) is 5.92 Å². The minimum Gasteiger partial charge on any atom is -0.381 e. The maximum Gasteiger partial charge on any atom is 0.0534 e. The van der Waals surface area contributed by atoms with Gasteiger partial charge in [0.2, 0.25) is 0 Å². The SMILES string of the molecule is C[C@H]1COC[C@H](c2ccccc2)C1. The Bertz CT molecular complexity index is 255. The summed E-state index contributed by atoms with van der Waals surface area (Å²) in [6.07, 6.45) is 1.27. The standard InChI is InChI=1S/C12H16O/c1-10-7-12(9-13-8-10)11-5-3-2-4-6-11/h2-6,10,12H,7-9H2,1H3/t10-,12-/m1/s1. The van der Waals surface area contributed by atoms with Gasteiger partial charge in [0, 0.05) is 12.5 Å². The smallest absolute Gasteiger partial charge is 0.0534 e. The van der Waals surface area contributed by atoms with E-state index in [0.717, 1.165) is 13.2 Å². The third-order valence-corrected chi connectivity index (χ3v) is 2.68. The van der Waals surface area contributed by atoms with E-state index in [-0.39, 0.29) is 0 Å². The highest BCUT2D eigenvalue weighted by Crippen LogP contribution is 2.27. The van der Waals surface area contributed by atoms with Gasteiger partial charge in [0.05, 0.1) is 6.61 Å². The topological polar surface area (TPSA) is 9.23 Å². The molecule has 1 aliphatic heterocycles. The first-order valence-electron chi connectivity index (χ1n) is 4.99. The van der Waals surface area contributed by atoms with E-state index in [2.05, 4.69) is 37.3 Å². The summed E-state index contributed by atoms with van der Waals surface area (Å²) in [6.45, 7) is 4.09. The lowest BCUT2D eigenvalue weighted by molar-refractivity contribution is 0.0457. The maximum atomic E-state index is 5.55. The van der Waals surface area contributed by atoms with E-state index in [0.29, 0.717) is 11.8 Å². The molecule has 1 heterocycles. The molecule has 1 aliphatic rings. The first kappa shape index (κ1) is 8.76. The molecule has 13 heavy (non-hydrogen) atoms. The van der Waals surface area contributed by atoms with Crippen LogP contribution in [0.1, 0.15) is 24.8 Å². The normalized spacial score (nSPS) is 28.7. The van der Waals surface area contributed by atoms with Gasteiger partial charge in [0.25, 0.3) is 0 Å². The van der Waals surface area contributed by atoms with Crippen LogP contribution < -0.4 is 0 Å². The van der Waals surface area contributed by atoms with Crippen LogP contribution in [0.15, 0.2) is 30.3 Å². The fraction of sp³-hybridized carbons (Fsp3) is 0.500. The highest BCUT2D eigenvalue weighted by atomic mass is 16.5. The molecule has 1 heteroatoms. The van der Waals surface area contributed by atoms with Crippen molar-refractivity contribution in [3.05, 3.63) is 35.9 Å². The largest absolute Gasteiger partial charge is 0.381 e. The fourth-order valence-electron chi connectivity index (χ4n) is 1.99. The lowest BCUT2D eigenvalue weighted by Crippen LogP contribution is -2.22. The van der Waals surface area contributed by atoms with Crippen molar-refractivity contribution in [1.82, 2.24) is 0 Å². The average molecular weight is 176 g/mol. The lowest BCUT2D eigenvalue weighted by atomic mass is 9.89. The zero-order chi connectivity index (χ0) is 9.10. The van der Waals surface area contributed by atoms with Gasteiger partial charge in [-0.15, -0.1) is 0 Å². The minimum absolute atomic E-state index is 0.616. The predicted molar refractivity (Wildman–Crippen MR) is 53.8 cm³/mol. The Hall–Kier alpha value is -0.820. The van der Waals surface area contributed by atoms with Crippen molar-refractivity contribution < 1.29 is 4.74 Å². The van der Waals surface area contributed by atoms with Gasteiger partial charge in [-0.3, -0.25) is 0 Å². The summed E-state index contributed by atoms with van der Waals surface area (Å²) in [7, 11) is 0. The molecular weight excluding hydrogens is 160 g/mol. The van der Waals surface area contributed by atoms with E-state index in [1.54, 1.807) is 0 Å². The summed E-state index contributed by atoms with van der Waals surface area (Å²) in [5.41, 5.74) is 1.43. The van der Waals surface area contributed by atoms with Gasteiger partial charge in [0.1, 0.15) is 0 Å². The Morgan fingerprint density at radius 3 is 2.62 bits per heavy atom. The van der Waals surface area contributed by atoms with Crippen molar-refractivity contribution in [2.45, 2.75) is 19.3 Å². The van der Waals surface area contributed by atoms with Crippen LogP contribution in [-0.4, -0.2) is 13.2 Å². The first-order chi connectivity index (χ1) is 6.36. The molecule has 0 unspecified atom stereocenters. The molecule has 2 atom stereocenters. The molecular formula is C12H16O. The zero-order valence-corrected chi connectivity index (χ0v) is 8.07. The van der Waals surface area contributed by atoms with Crippen molar-refractivity contribution >= 4 is 0 Å². The summed E-state index contributed by atoms with van der Waals surface area (Å²) in [5, 5.41) is 0. The Kier molecular flexibility index (Phi) is 2.65. The third-order valence-electron chi connectivity index (χ3n) is 2.68. The summed E-state index contributed by atoms with van der Waals surface area (Å²) >= 11 is 0. The quantitative estimate of drug-likeness (QED) is 0.639. The van der Waals surface area contributed by atoms with Gasteiger partial charge >= 0.3 is 0 Å². The molecule has 0 aromatic heterocycles. The number of hydrogen-bond acceptors (Lipinski definition) is 1. The van der Waals surface area contributed by atoms with Crippen LogP contribution in [-0.2, 0) is 4.74 Å². The van der Waals surface area contributed by atoms with E-state index in [4.69, 9.17) is 4.74 Å². The molecule has 0 bridgehead atoms. The number of ether oxygens (including phenoxy) is 1. The molecule has 0 N–H and O–H groups in total. The van der Waals surface area contributed by atoms with E-state index in [9.17, 15) is 0 Å². The van der Waals surface area contributed by atoms with Gasteiger partial charge < -0.3 is 4.74 Å². The number of hydrogen-bond donors (Lipinski definition) is 0. The zero-order valence-electron chi connectivity index (χ0n) is 8.07. The molecule has 70 valence electrons. The molecule has 1 saturated heterocycles. The lowest BCUT2D eigenvalue weighted by Gasteiger charge is -2.27. The van der Waals surface area contributed by atoms with Crippen LogP contribution in [0.25, 0.3) is 0 Å². The molecule has 1 fully saturated rings. The van der Waals surface area contributed by atoms with Gasteiger partial charge in [0.15, 0.2) is 0 Å². The van der Waals surface area contributed by atoms with E-state index < -0.39 is 0 Å². The van der Waals surface area contributed by atoms with Gasteiger partial charge in [-0.05, 0) is 17.9 Å². The van der Waals surface area contributed by atoms with Crippen molar-refractivity contribution in [2.24, 2.45) is 5.92 Å². The van der Waals surface area contributed by atoms with Crippen molar-refractivity contribution in [1.29, 1.82) is 0 Å². The van der Waals surface area contributed by atoms with E-state index >= 15 is 0 Å². The molecule has 0 aliphatic carbocycles.